The minimum Gasteiger partial charge on any atom is -0.298 e. The number of hydrogen-bond acceptors (Lipinski definition) is 2. The zero-order chi connectivity index (χ0) is 9.97. The second-order valence-electron chi connectivity index (χ2n) is 3.83. The minimum absolute atomic E-state index is 0.200. The molecule has 1 aliphatic rings. The van der Waals surface area contributed by atoms with Crippen molar-refractivity contribution in [1.82, 2.24) is 0 Å². The molecule has 1 nitrogen and oxygen atoms in total. The summed E-state index contributed by atoms with van der Waals surface area (Å²) >= 11 is 3.98. The summed E-state index contributed by atoms with van der Waals surface area (Å²) in [6.45, 7) is 0. The molecule has 14 heavy (non-hydrogen) atoms. The van der Waals surface area contributed by atoms with Gasteiger partial charge in [-0.1, -0.05) is 18.2 Å². The highest BCUT2D eigenvalue weighted by Crippen LogP contribution is 2.22. The monoisotopic (exact) mass is 206 g/mol. The van der Waals surface area contributed by atoms with E-state index < -0.39 is 0 Å². The Kier molecular flexibility index (Phi) is 2.92. The zero-order valence-electron chi connectivity index (χ0n) is 8.12. The number of Topliss-reactive ketones (excluding diaryl/α,β-unsaturated/α-hetero) is 1. The van der Waals surface area contributed by atoms with E-state index in [0.29, 0.717) is 12.2 Å². The van der Waals surface area contributed by atoms with Crippen LogP contribution in [0.5, 0.6) is 0 Å². The van der Waals surface area contributed by atoms with E-state index in [9.17, 15) is 4.79 Å². The van der Waals surface area contributed by atoms with Crippen LogP contribution in [-0.2, 0) is 24.1 Å². The summed E-state index contributed by atoms with van der Waals surface area (Å²) in [5.74, 6) is 0.545. The fourth-order valence-corrected chi connectivity index (χ4v) is 2.13. The molecule has 1 aromatic rings. The smallest absolute Gasteiger partial charge is 0.146 e. The number of fused-ring (bicyclic) bond motifs is 1. The molecule has 0 unspecified atom stereocenters. The average molecular weight is 206 g/mol. The van der Waals surface area contributed by atoms with Gasteiger partial charge in [0.05, 0.1) is 0 Å². The maximum atomic E-state index is 11.2. The average Bonchev–Trinajstić information content (AvgIpc) is 2.64. The minimum atomic E-state index is 0.200. The molecule has 1 aliphatic carbocycles. The summed E-state index contributed by atoms with van der Waals surface area (Å²) in [6.07, 6.45) is 4.18. The molecule has 0 radical (unpaired) electrons. The van der Waals surface area contributed by atoms with Gasteiger partial charge in [0.1, 0.15) is 5.78 Å². The number of benzene rings is 1. The van der Waals surface area contributed by atoms with E-state index in [0.717, 1.165) is 5.56 Å². The summed E-state index contributed by atoms with van der Waals surface area (Å²) in [6, 6.07) is 6.43. The number of rotatable bonds is 3. The largest absolute Gasteiger partial charge is 0.298 e. The fraction of sp³-hybridized carbons (Fsp3) is 0.417. The molecular formula is C12H14OS. The van der Waals surface area contributed by atoms with Gasteiger partial charge in [0.15, 0.2) is 0 Å². The molecule has 74 valence electrons. The maximum absolute atomic E-state index is 11.2. The maximum Gasteiger partial charge on any atom is 0.146 e. The SMILES string of the molecule is O=C(CS)Cc1ccc2c(c1)CCC2. The van der Waals surface area contributed by atoms with Crippen molar-refractivity contribution in [2.75, 3.05) is 5.75 Å². The molecule has 0 atom stereocenters. The molecule has 0 aliphatic heterocycles. The van der Waals surface area contributed by atoms with Gasteiger partial charge < -0.3 is 0 Å². The molecule has 0 N–H and O–H groups in total. The first-order chi connectivity index (χ1) is 6.79. The van der Waals surface area contributed by atoms with Gasteiger partial charge in [-0.25, -0.2) is 0 Å². The highest BCUT2D eigenvalue weighted by Gasteiger charge is 2.11. The Morgan fingerprint density at radius 1 is 1.29 bits per heavy atom. The molecule has 0 fully saturated rings. The van der Waals surface area contributed by atoms with Gasteiger partial charge in [-0.2, -0.15) is 12.6 Å². The predicted octanol–water partition coefficient (Wildman–Crippen LogP) is 2.22. The first-order valence-corrected chi connectivity index (χ1v) is 5.66. The highest BCUT2D eigenvalue weighted by molar-refractivity contribution is 7.81. The van der Waals surface area contributed by atoms with Crippen LogP contribution >= 0.6 is 12.6 Å². The van der Waals surface area contributed by atoms with Gasteiger partial charge in [-0.3, -0.25) is 4.79 Å². The van der Waals surface area contributed by atoms with E-state index in [1.165, 1.54) is 30.4 Å². The van der Waals surface area contributed by atoms with Gasteiger partial charge >= 0.3 is 0 Å². The summed E-state index contributed by atoms with van der Waals surface area (Å²) in [7, 11) is 0. The predicted molar refractivity (Wildman–Crippen MR) is 61.0 cm³/mol. The fourth-order valence-electron chi connectivity index (χ4n) is 2.02. The van der Waals surface area contributed by atoms with Crippen molar-refractivity contribution in [2.45, 2.75) is 25.7 Å². The van der Waals surface area contributed by atoms with Crippen molar-refractivity contribution >= 4 is 18.4 Å². The molecule has 0 aromatic heterocycles. The molecule has 0 saturated carbocycles. The Morgan fingerprint density at radius 2 is 2.07 bits per heavy atom. The van der Waals surface area contributed by atoms with Gasteiger partial charge in [-0.15, -0.1) is 0 Å². The van der Waals surface area contributed by atoms with Crippen LogP contribution in [0.25, 0.3) is 0 Å². The Labute approximate surface area is 89.9 Å². The zero-order valence-corrected chi connectivity index (χ0v) is 9.02. The second kappa shape index (κ2) is 4.18. The number of carbonyl (C=O) groups is 1. The Bertz CT molecular complexity index is 357. The number of aryl methyl sites for hydroxylation is 2. The Morgan fingerprint density at radius 3 is 2.86 bits per heavy atom. The molecule has 0 heterocycles. The van der Waals surface area contributed by atoms with Crippen molar-refractivity contribution < 1.29 is 4.79 Å². The molecule has 1 aromatic carbocycles. The third kappa shape index (κ3) is 2.01. The normalized spacial score (nSPS) is 14.1. The van der Waals surface area contributed by atoms with E-state index >= 15 is 0 Å². The first kappa shape index (κ1) is 9.78. The molecule has 2 rings (SSSR count). The van der Waals surface area contributed by atoms with Crippen LogP contribution in [-0.4, -0.2) is 11.5 Å². The van der Waals surface area contributed by atoms with Gasteiger partial charge in [-0.05, 0) is 36.0 Å². The molecular weight excluding hydrogens is 192 g/mol. The number of ketones is 1. The summed E-state index contributed by atoms with van der Waals surface area (Å²) < 4.78 is 0. The molecule has 0 bridgehead atoms. The molecule has 0 spiro atoms. The van der Waals surface area contributed by atoms with Crippen molar-refractivity contribution in [3.05, 3.63) is 34.9 Å². The topological polar surface area (TPSA) is 17.1 Å². The number of carbonyl (C=O) groups excluding carboxylic acids is 1. The summed E-state index contributed by atoms with van der Waals surface area (Å²) in [5, 5.41) is 0. The summed E-state index contributed by atoms with van der Waals surface area (Å²) in [5.41, 5.74) is 4.05. The van der Waals surface area contributed by atoms with Crippen LogP contribution in [0.4, 0.5) is 0 Å². The van der Waals surface area contributed by atoms with Gasteiger partial charge in [0.25, 0.3) is 0 Å². The van der Waals surface area contributed by atoms with E-state index in [1.54, 1.807) is 0 Å². The number of hydrogen-bond donors (Lipinski definition) is 1. The van der Waals surface area contributed by atoms with E-state index in [4.69, 9.17) is 0 Å². The summed E-state index contributed by atoms with van der Waals surface area (Å²) in [4.78, 5) is 11.2. The van der Waals surface area contributed by atoms with Crippen LogP contribution in [0.2, 0.25) is 0 Å². The first-order valence-electron chi connectivity index (χ1n) is 5.03. The van der Waals surface area contributed by atoms with Gasteiger partial charge in [0.2, 0.25) is 0 Å². The van der Waals surface area contributed by atoms with Crippen LogP contribution in [0.1, 0.15) is 23.1 Å². The highest BCUT2D eigenvalue weighted by atomic mass is 32.1. The third-order valence-electron chi connectivity index (χ3n) is 2.74. The van der Waals surface area contributed by atoms with Crippen LogP contribution in [0.3, 0.4) is 0 Å². The molecule has 0 amide bonds. The van der Waals surface area contributed by atoms with Crippen molar-refractivity contribution in [3.8, 4) is 0 Å². The number of thiol groups is 1. The second-order valence-corrected chi connectivity index (χ2v) is 4.15. The van der Waals surface area contributed by atoms with E-state index in [-0.39, 0.29) is 5.78 Å². The molecule has 2 heteroatoms. The lowest BCUT2D eigenvalue weighted by molar-refractivity contribution is -0.115. The lowest BCUT2D eigenvalue weighted by atomic mass is 10.0. The van der Waals surface area contributed by atoms with Crippen molar-refractivity contribution in [3.63, 3.8) is 0 Å². The van der Waals surface area contributed by atoms with Crippen LogP contribution < -0.4 is 0 Å². The van der Waals surface area contributed by atoms with E-state index in [1.807, 2.05) is 0 Å². The Balaban J connectivity index is 2.16. The van der Waals surface area contributed by atoms with Crippen molar-refractivity contribution in [2.24, 2.45) is 0 Å². The van der Waals surface area contributed by atoms with Crippen molar-refractivity contribution in [1.29, 1.82) is 0 Å². The van der Waals surface area contributed by atoms with Gasteiger partial charge in [0, 0.05) is 12.2 Å². The third-order valence-corrected chi connectivity index (χ3v) is 3.09. The quantitative estimate of drug-likeness (QED) is 0.750. The lowest BCUT2D eigenvalue weighted by Gasteiger charge is -2.03. The Hall–Kier alpha value is -0.760. The lowest BCUT2D eigenvalue weighted by Crippen LogP contribution is -2.04. The van der Waals surface area contributed by atoms with Crippen LogP contribution in [0.15, 0.2) is 18.2 Å². The standard InChI is InChI=1S/C12H14OS/c13-12(8-14)7-9-4-5-10-2-1-3-11(10)6-9/h4-6,14H,1-3,7-8H2. The van der Waals surface area contributed by atoms with Crippen LogP contribution in [0, 0.1) is 0 Å². The molecule has 0 saturated heterocycles. The van der Waals surface area contributed by atoms with E-state index in [2.05, 4.69) is 30.8 Å².